The summed E-state index contributed by atoms with van der Waals surface area (Å²) in [6, 6.07) is -0.834. The molecule has 0 spiro atoms. The molecule has 0 saturated carbocycles. The lowest BCUT2D eigenvalue weighted by molar-refractivity contribution is -0.359. The van der Waals surface area contributed by atoms with Gasteiger partial charge in [0.05, 0.1) is 32.0 Å². The van der Waals surface area contributed by atoms with Crippen molar-refractivity contribution in [3.63, 3.8) is 0 Å². The van der Waals surface area contributed by atoms with Gasteiger partial charge in [-0.15, -0.1) is 0 Å². The molecule has 73 heavy (non-hydrogen) atoms. The van der Waals surface area contributed by atoms with E-state index in [9.17, 15) is 45.6 Å². The number of aliphatic hydroxyl groups excluding tert-OH is 8. The van der Waals surface area contributed by atoms with Crippen LogP contribution in [0.2, 0.25) is 0 Å². The number of rotatable bonds is 45. The van der Waals surface area contributed by atoms with Crippen LogP contribution in [0.4, 0.5) is 0 Å². The minimum absolute atomic E-state index is 0.215. The Morgan fingerprint density at radius 2 is 0.945 bits per heavy atom. The summed E-state index contributed by atoms with van der Waals surface area (Å²) in [5.74, 6) is -0.215. The predicted octanol–water partition coefficient (Wildman–Crippen LogP) is 9.39. The first kappa shape index (κ1) is 66.8. The lowest BCUT2D eigenvalue weighted by atomic mass is 9.97. The summed E-state index contributed by atoms with van der Waals surface area (Å²) in [6.45, 7) is 2.74. The highest BCUT2D eigenvalue weighted by molar-refractivity contribution is 5.76. The molecular weight excluding hydrogens is 931 g/mol. The Kier molecular flexibility index (Phi) is 41.0. The van der Waals surface area contributed by atoms with Crippen LogP contribution in [0.15, 0.2) is 60.8 Å². The van der Waals surface area contributed by atoms with E-state index in [0.717, 1.165) is 83.5 Å². The Bertz CT molecular complexity index is 1450. The second-order valence-electron chi connectivity index (χ2n) is 20.4. The van der Waals surface area contributed by atoms with Gasteiger partial charge in [0, 0.05) is 6.42 Å². The maximum Gasteiger partial charge on any atom is 0.220 e. The molecule has 2 heterocycles. The normalized spacial score (nSPS) is 25.8. The smallest absolute Gasteiger partial charge is 0.220 e. The number of carbonyl (C=O) groups is 1. The molecule has 0 radical (unpaired) electrons. The van der Waals surface area contributed by atoms with Crippen LogP contribution >= 0.6 is 0 Å². The maximum absolute atomic E-state index is 13.3. The molecule has 2 fully saturated rings. The first-order chi connectivity index (χ1) is 35.6. The average molecular weight is 1040 g/mol. The summed E-state index contributed by atoms with van der Waals surface area (Å²) in [6.07, 6.45) is 39.3. The van der Waals surface area contributed by atoms with Crippen molar-refractivity contribution in [3.05, 3.63) is 60.8 Å². The summed E-state index contributed by atoms with van der Waals surface area (Å²) < 4.78 is 22.8. The van der Waals surface area contributed by atoms with Crippen LogP contribution in [0.5, 0.6) is 0 Å². The van der Waals surface area contributed by atoms with E-state index in [1.807, 2.05) is 0 Å². The molecule has 14 heteroatoms. The molecule has 14 nitrogen and oxygen atoms in total. The molecule has 0 bridgehead atoms. The van der Waals surface area contributed by atoms with Crippen LogP contribution in [0.3, 0.4) is 0 Å². The Balaban J connectivity index is 1.74. The number of amides is 1. The van der Waals surface area contributed by atoms with Gasteiger partial charge in [0.25, 0.3) is 0 Å². The third kappa shape index (κ3) is 30.9. The molecule has 0 aromatic carbocycles. The van der Waals surface area contributed by atoms with Gasteiger partial charge in [0.2, 0.25) is 5.91 Å². The summed E-state index contributed by atoms with van der Waals surface area (Å²) >= 11 is 0. The molecule has 2 saturated heterocycles. The summed E-state index contributed by atoms with van der Waals surface area (Å²) in [5.41, 5.74) is 0. The maximum atomic E-state index is 13.3. The van der Waals surface area contributed by atoms with E-state index in [4.69, 9.17) is 18.9 Å². The third-order valence-electron chi connectivity index (χ3n) is 14.0. The van der Waals surface area contributed by atoms with Crippen LogP contribution in [0, 0.1) is 0 Å². The molecule has 0 aromatic rings. The molecule has 0 aromatic heterocycles. The highest BCUT2D eigenvalue weighted by Gasteiger charge is 2.51. The van der Waals surface area contributed by atoms with E-state index in [-0.39, 0.29) is 12.5 Å². The molecule has 12 atom stereocenters. The quantitative estimate of drug-likeness (QED) is 0.0205. The van der Waals surface area contributed by atoms with E-state index in [0.29, 0.717) is 19.3 Å². The number of unbranched alkanes of at least 4 members (excludes halogenated alkanes) is 22. The fourth-order valence-electron chi connectivity index (χ4n) is 9.32. The van der Waals surface area contributed by atoms with Crippen LogP contribution in [-0.4, -0.2) is 140 Å². The number of carbonyl (C=O) groups excluding carboxylic acids is 1. The first-order valence-electron chi connectivity index (χ1n) is 29.0. The molecule has 9 N–H and O–H groups in total. The summed E-state index contributed by atoms with van der Waals surface area (Å²) in [7, 11) is 0. The van der Waals surface area contributed by atoms with Crippen molar-refractivity contribution in [1.29, 1.82) is 0 Å². The fourth-order valence-corrected chi connectivity index (χ4v) is 9.32. The summed E-state index contributed by atoms with van der Waals surface area (Å²) in [4.78, 5) is 13.3. The number of nitrogens with one attached hydrogen (secondary N) is 1. The van der Waals surface area contributed by atoms with Crippen molar-refractivity contribution >= 4 is 5.91 Å². The molecular formula is C59H105NO13. The zero-order valence-corrected chi connectivity index (χ0v) is 45.4. The van der Waals surface area contributed by atoms with Crippen LogP contribution in [0.25, 0.3) is 0 Å². The number of hydrogen-bond acceptors (Lipinski definition) is 13. The Labute approximate surface area is 441 Å². The van der Waals surface area contributed by atoms with Gasteiger partial charge in [-0.1, -0.05) is 209 Å². The zero-order valence-electron chi connectivity index (χ0n) is 45.4. The standard InChI is InChI=1S/C59H105NO13/c1-3-5-7-9-11-13-15-17-19-20-21-22-23-24-25-26-27-28-29-31-33-35-37-39-41-43-51(64)60-47(48(63)42-40-38-36-34-32-30-18-16-14-12-10-8-6-4-2)46-70-58-56(69)54(67)57(50(45-62)72-58)73-59-55(68)53(66)52(65)49(44-61)71-59/h5,7,11,13,17,19,21-22,24-25,47-50,52-59,61-63,65-69H,3-4,6,8-10,12,14-16,18,20,23,26-46H2,1-2H3,(H,60,64)/b7-5-,13-11-,19-17-,22-21-,25-24-. The Morgan fingerprint density at radius 1 is 0.507 bits per heavy atom. The van der Waals surface area contributed by atoms with E-state index in [2.05, 4.69) is 79.9 Å². The Morgan fingerprint density at radius 3 is 1.45 bits per heavy atom. The van der Waals surface area contributed by atoms with Gasteiger partial charge in [-0.05, 0) is 57.8 Å². The monoisotopic (exact) mass is 1040 g/mol. The van der Waals surface area contributed by atoms with Crippen molar-refractivity contribution in [3.8, 4) is 0 Å². The highest BCUT2D eigenvalue weighted by atomic mass is 16.7. The molecule has 1 amide bonds. The zero-order chi connectivity index (χ0) is 53.2. The summed E-state index contributed by atoms with van der Waals surface area (Å²) in [5, 5.41) is 87.2. The van der Waals surface area contributed by atoms with E-state index >= 15 is 0 Å². The predicted molar refractivity (Wildman–Crippen MR) is 290 cm³/mol. The number of aliphatic hydroxyl groups is 8. The Hall–Kier alpha value is -2.31. The topological polar surface area (TPSA) is 228 Å². The van der Waals surface area contributed by atoms with Crippen LogP contribution in [-0.2, 0) is 23.7 Å². The van der Waals surface area contributed by atoms with Gasteiger partial charge >= 0.3 is 0 Å². The van der Waals surface area contributed by atoms with Gasteiger partial charge in [-0.3, -0.25) is 4.79 Å². The van der Waals surface area contributed by atoms with Gasteiger partial charge in [-0.2, -0.15) is 0 Å². The van der Waals surface area contributed by atoms with Crippen LogP contribution < -0.4 is 5.32 Å². The van der Waals surface area contributed by atoms with Gasteiger partial charge in [-0.25, -0.2) is 0 Å². The number of hydrogen-bond donors (Lipinski definition) is 9. The second-order valence-corrected chi connectivity index (χ2v) is 20.4. The fraction of sp³-hybridized carbons (Fsp3) is 0.814. The average Bonchev–Trinajstić information content (AvgIpc) is 3.39. The first-order valence-corrected chi connectivity index (χ1v) is 29.0. The van der Waals surface area contributed by atoms with E-state index in [1.165, 1.54) is 96.3 Å². The van der Waals surface area contributed by atoms with Crippen molar-refractivity contribution in [2.75, 3.05) is 19.8 Å². The number of allylic oxidation sites excluding steroid dienone is 10. The largest absolute Gasteiger partial charge is 0.394 e. The molecule has 2 aliphatic heterocycles. The third-order valence-corrected chi connectivity index (χ3v) is 14.0. The van der Waals surface area contributed by atoms with Crippen molar-refractivity contribution in [1.82, 2.24) is 5.32 Å². The minimum atomic E-state index is -1.78. The highest BCUT2D eigenvalue weighted by Crippen LogP contribution is 2.30. The van der Waals surface area contributed by atoms with E-state index < -0.39 is 86.8 Å². The van der Waals surface area contributed by atoms with Gasteiger partial charge in [0.15, 0.2) is 12.6 Å². The molecule has 0 aliphatic carbocycles. The van der Waals surface area contributed by atoms with Gasteiger partial charge < -0.3 is 65.1 Å². The molecule has 12 unspecified atom stereocenters. The molecule has 2 rings (SSSR count). The lowest BCUT2D eigenvalue weighted by Crippen LogP contribution is -2.65. The molecule has 2 aliphatic rings. The number of ether oxygens (including phenoxy) is 4. The van der Waals surface area contributed by atoms with E-state index in [1.54, 1.807) is 0 Å². The minimum Gasteiger partial charge on any atom is -0.394 e. The molecule has 424 valence electrons. The van der Waals surface area contributed by atoms with Crippen molar-refractivity contribution < 1.29 is 64.6 Å². The SMILES string of the molecule is CC/C=C\C/C=C\C/C=C\C/C=C\C/C=C\CCCCCCCCCCCC(=O)NC(COC1OC(CO)C(OC2OC(CO)C(O)C(O)C2O)C(O)C1O)C(O)CCCCCCCCCCCCCCCC. The lowest BCUT2D eigenvalue weighted by Gasteiger charge is -2.46. The van der Waals surface area contributed by atoms with Crippen molar-refractivity contribution in [2.45, 2.75) is 286 Å². The van der Waals surface area contributed by atoms with Crippen LogP contribution in [0.1, 0.15) is 213 Å². The second kappa shape index (κ2) is 44.8. The van der Waals surface area contributed by atoms with Crippen molar-refractivity contribution in [2.24, 2.45) is 0 Å². The van der Waals surface area contributed by atoms with Gasteiger partial charge in [0.1, 0.15) is 48.8 Å².